The summed E-state index contributed by atoms with van der Waals surface area (Å²) < 4.78 is 27.4. The van der Waals surface area contributed by atoms with Crippen LogP contribution in [0.5, 0.6) is 0 Å². The number of hydrogen-bond donors (Lipinski definition) is 1. The van der Waals surface area contributed by atoms with E-state index in [1.165, 1.54) is 30.3 Å². The fourth-order valence-electron chi connectivity index (χ4n) is 2.16. The lowest BCUT2D eigenvalue weighted by Crippen LogP contribution is -2.40. The van der Waals surface area contributed by atoms with E-state index in [-0.39, 0.29) is 16.0 Å². The van der Waals surface area contributed by atoms with Crippen LogP contribution in [-0.4, -0.2) is 26.6 Å². The van der Waals surface area contributed by atoms with Crippen LogP contribution < -0.4 is 9.73 Å². The molecule has 0 aromatic heterocycles. The summed E-state index contributed by atoms with van der Waals surface area (Å²) in [5.74, 6) is -0.578. The van der Waals surface area contributed by atoms with E-state index in [0.717, 1.165) is 4.31 Å². The molecule has 0 fully saturated rings. The summed E-state index contributed by atoms with van der Waals surface area (Å²) in [5.41, 5.74) is 3.17. The third-order valence-electron chi connectivity index (χ3n) is 4.22. The van der Waals surface area contributed by atoms with Crippen LogP contribution in [0.1, 0.15) is 27.7 Å². The Balaban J connectivity index is 2.39. The number of halogens is 2. The van der Waals surface area contributed by atoms with Gasteiger partial charge in [-0.3, -0.25) is 9.10 Å². The predicted octanol–water partition coefficient (Wildman–Crippen LogP) is 4.73. The number of rotatable bonds is 6. The van der Waals surface area contributed by atoms with Gasteiger partial charge in [0.2, 0.25) is 0 Å². The first-order valence-electron chi connectivity index (χ1n) is 8.79. The zero-order valence-electron chi connectivity index (χ0n) is 16.6. The number of anilines is 1. The van der Waals surface area contributed by atoms with E-state index in [4.69, 9.17) is 23.2 Å². The lowest BCUT2D eigenvalue weighted by atomic mass is 9.91. The van der Waals surface area contributed by atoms with E-state index < -0.39 is 22.5 Å². The maximum Gasteiger partial charge on any atom is 0.264 e. The van der Waals surface area contributed by atoms with Gasteiger partial charge in [-0.2, -0.15) is 5.10 Å². The van der Waals surface area contributed by atoms with E-state index in [0.29, 0.717) is 15.8 Å². The molecule has 0 aliphatic heterocycles. The largest absolute Gasteiger partial charge is 0.271 e. The van der Waals surface area contributed by atoms with Crippen LogP contribution in [0.2, 0.25) is 10.0 Å². The van der Waals surface area contributed by atoms with Gasteiger partial charge in [-0.15, -0.1) is 0 Å². The van der Waals surface area contributed by atoms with Crippen molar-refractivity contribution in [2.24, 2.45) is 10.5 Å². The van der Waals surface area contributed by atoms with Crippen molar-refractivity contribution < 1.29 is 13.2 Å². The highest BCUT2D eigenvalue weighted by Crippen LogP contribution is 2.26. The minimum absolute atomic E-state index is 0.00375. The number of hydrazone groups is 1. The summed E-state index contributed by atoms with van der Waals surface area (Å²) in [6, 6.07) is 12.0. The second kappa shape index (κ2) is 9.15. The van der Waals surface area contributed by atoms with Crippen LogP contribution in [0.15, 0.2) is 58.5 Å². The van der Waals surface area contributed by atoms with Crippen LogP contribution in [0, 0.1) is 5.41 Å². The van der Waals surface area contributed by atoms with Crippen molar-refractivity contribution in [3.63, 3.8) is 0 Å². The number of sulfonamides is 1. The van der Waals surface area contributed by atoms with Crippen molar-refractivity contribution >= 4 is 50.5 Å². The molecular weight excluding hydrogens is 433 g/mol. The van der Waals surface area contributed by atoms with Gasteiger partial charge in [0.1, 0.15) is 6.54 Å². The SMILES string of the molecule is C/C(=N/NC(=O)CN(c1cccc(Cl)c1)S(=O)(=O)c1ccc(Cl)cc1)C(C)(C)C. The molecule has 29 heavy (non-hydrogen) atoms. The molecule has 2 aromatic rings. The molecule has 2 rings (SSSR count). The van der Waals surface area contributed by atoms with Crippen LogP contribution in [0.4, 0.5) is 5.69 Å². The Labute approximate surface area is 181 Å². The number of nitrogens with zero attached hydrogens (tertiary/aromatic N) is 2. The monoisotopic (exact) mass is 455 g/mol. The Morgan fingerprint density at radius 2 is 1.69 bits per heavy atom. The van der Waals surface area contributed by atoms with Gasteiger partial charge in [-0.25, -0.2) is 13.8 Å². The van der Waals surface area contributed by atoms with Gasteiger partial charge >= 0.3 is 0 Å². The number of benzene rings is 2. The van der Waals surface area contributed by atoms with Gasteiger partial charge in [0.15, 0.2) is 0 Å². The molecule has 0 aliphatic rings. The van der Waals surface area contributed by atoms with Crippen molar-refractivity contribution in [1.82, 2.24) is 5.43 Å². The molecule has 0 unspecified atom stereocenters. The Hall–Kier alpha value is -2.09. The van der Waals surface area contributed by atoms with Crippen LogP contribution in [0.25, 0.3) is 0 Å². The number of amides is 1. The van der Waals surface area contributed by atoms with Gasteiger partial charge < -0.3 is 0 Å². The zero-order chi connectivity index (χ0) is 21.8. The lowest BCUT2D eigenvalue weighted by Gasteiger charge is -2.24. The Bertz CT molecular complexity index is 1010. The molecule has 0 bridgehead atoms. The van der Waals surface area contributed by atoms with Gasteiger partial charge in [0.05, 0.1) is 10.6 Å². The highest BCUT2D eigenvalue weighted by molar-refractivity contribution is 7.92. The molecule has 0 saturated carbocycles. The summed E-state index contributed by atoms with van der Waals surface area (Å²) in [7, 11) is -4.04. The Kier molecular flexibility index (Phi) is 7.32. The fraction of sp³-hybridized carbons (Fsp3) is 0.300. The van der Waals surface area contributed by atoms with Gasteiger partial charge in [0, 0.05) is 21.2 Å². The molecule has 0 heterocycles. The Morgan fingerprint density at radius 3 is 2.24 bits per heavy atom. The average molecular weight is 456 g/mol. The molecule has 0 spiro atoms. The van der Waals surface area contributed by atoms with E-state index >= 15 is 0 Å². The number of carbonyl (C=O) groups is 1. The molecule has 156 valence electrons. The van der Waals surface area contributed by atoms with E-state index in [1.807, 2.05) is 20.8 Å². The molecule has 1 N–H and O–H groups in total. The number of nitrogens with one attached hydrogen (secondary N) is 1. The van der Waals surface area contributed by atoms with Crippen LogP contribution in [-0.2, 0) is 14.8 Å². The maximum atomic E-state index is 13.2. The van der Waals surface area contributed by atoms with E-state index in [2.05, 4.69) is 10.5 Å². The van der Waals surface area contributed by atoms with Crippen LogP contribution in [0.3, 0.4) is 0 Å². The highest BCUT2D eigenvalue weighted by Gasteiger charge is 2.27. The maximum absolute atomic E-state index is 13.2. The first-order chi connectivity index (χ1) is 13.4. The second-order valence-corrected chi connectivity index (χ2v) is 10.2. The van der Waals surface area contributed by atoms with Crippen molar-refractivity contribution in [1.29, 1.82) is 0 Å². The first-order valence-corrected chi connectivity index (χ1v) is 11.0. The van der Waals surface area contributed by atoms with Gasteiger partial charge in [-0.05, 0) is 49.4 Å². The van der Waals surface area contributed by atoms with Gasteiger partial charge in [0.25, 0.3) is 15.9 Å². The lowest BCUT2D eigenvalue weighted by molar-refractivity contribution is -0.119. The molecule has 0 aliphatic carbocycles. The standard InChI is InChI=1S/C20H23Cl2N3O3S/c1-14(20(2,3)4)23-24-19(26)13-25(17-7-5-6-16(22)12-17)29(27,28)18-10-8-15(21)9-11-18/h5-12H,13H2,1-4H3,(H,24,26)/b23-14-. The predicted molar refractivity (Wildman–Crippen MR) is 118 cm³/mol. The minimum Gasteiger partial charge on any atom is -0.271 e. The second-order valence-electron chi connectivity index (χ2n) is 7.43. The summed E-state index contributed by atoms with van der Waals surface area (Å²) in [4.78, 5) is 12.5. The molecule has 0 atom stereocenters. The smallest absolute Gasteiger partial charge is 0.264 e. The van der Waals surface area contributed by atoms with Crippen molar-refractivity contribution in [2.75, 3.05) is 10.8 Å². The zero-order valence-corrected chi connectivity index (χ0v) is 18.9. The quantitative estimate of drug-likeness (QED) is 0.504. The normalized spacial score (nSPS) is 12.6. The Morgan fingerprint density at radius 1 is 1.07 bits per heavy atom. The third-order valence-corrected chi connectivity index (χ3v) is 6.49. The molecule has 0 saturated heterocycles. The summed E-state index contributed by atoms with van der Waals surface area (Å²) in [6.07, 6.45) is 0. The average Bonchev–Trinajstić information content (AvgIpc) is 2.63. The molecule has 0 radical (unpaired) electrons. The molecule has 9 heteroatoms. The molecule has 1 amide bonds. The summed E-state index contributed by atoms with van der Waals surface area (Å²) in [6.45, 7) is 7.20. The number of hydrogen-bond acceptors (Lipinski definition) is 4. The highest BCUT2D eigenvalue weighted by atomic mass is 35.5. The summed E-state index contributed by atoms with van der Waals surface area (Å²) in [5, 5.41) is 4.83. The first kappa shape index (κ1) is 23.2. The third kappa shape index (κ3) is 6.19. The fourth-order valence-corrected chi connectivity index (χ4v) is 3.88. The summed E-state index contributed by atoms with van der Waals surface area (Å²) >= 11 is 11.9. The molecule has 6 nitrogen and oxygen atoms in total. The van der Waals surface area contributed by atoms with Crippen molar-refractivity contribution in [3.8, 4) is 0 Å². The van der Waals surface area contributed by atoms with Gasteiger partial charge in [-0.1, -0.05) is 50.0 Å². The minimum atomic E-state index is -4.04. The van der Waals surface area contributed by atoms with Crippen molar-refractivity contribution in [2.45, 2.75) is 32.6 Å². The molecular formula is C20H23Cl2N3O3S. The number of carbonyl (C=O) groups excluding carboxylic acids is 1. The topological polar surface area (TPSA) is 78.8 Å². The van der Waals surface area contributed by atoms with Crippen LogP contribution >= 0.6 is 23.2 Å². The van der Waals surface area contributed by atoms with Crippen molar-refractivity contribution in [3.05, 3.63) is 58.6 Å². The molecule has 2 aromatic carbocycles. The van der Waals surface area contributed by atoms with E-state index in [1.54, 1.807) is 25.1 Å². The van der Waals surface area contributed by atoms with E-state index in [9.17, 15) is 13.2 Å².